The molecule has 0 spiro atoms. The topological polar surface area (TPSA) is 0 Å². The van der Waals surface area contributed by atoms with Crippen LogP contribution in [0.1, 0.15) is 13.3 Å². The molecule has 1 aliphatic rings. The van der Waals surface area contributed by atoms with Crippen molar-refractivity contribution in [1.82, 2.24) is 0 Å². The predicted octanol–water partition coefficient (Wildman–Crippen LogP) is 2.04. The van der Waals surface area contributed by atoms with Gasteiger partial charge in [-0.1, -0.05) is 6.92 Å². The van der Waals surface area contributed by atoms with Crippen LogP contribution in [0.15, 0.2) is 17.9 Å². The molecule has 0 heterocycles. The molecule has 1 heteroatoms. The Balaban J connectivity index is 2.62. The molecule has 0 fully saturated rings. The molecule has 0 aromatic carbocycles. The molecule has 2 unspecified atom stereocenters. The monoisotopic (exact) mass is 126 g/mol. The molecule has 8 heavy (non-hydrogen) atoms. The largest absolute Gasteiger partial charge is 0.171 e. The van der Waals surface area contributed by atoms with Gasteiger partial charge in [0.15, 0.2) is 0 Å². The van der Waals surface area contributed by atoms with Crippen molar-refractivity contribution >= 4 is 12.6 Å². The second-order valence-electron chi connectivity index (χ2n) is 2.28. The van der Waals surface area contributed by atoms with Crippen LogP contribution in [0.25, 0.3) is 0 Å². The van der Waals surface area contributed by atoms with Crippen LogP contribution in [-0.2, 0) is 0 Å². The highest BCUT2D eigenvalue weighted by atomic mass is 32.1. The van der Waals surface area contributed by atoms with E-state index in [9.17, 15) is 0 Å². The first-order valence-corrected chi connectivity index (χ1v) is 3.41. The van der Waals surface area contributed by atoms with Crippen molar-refractivity contribution in [3.8, 4) is 0 Å². The van der Waals surface area contributed by atoms with Crippen LogP contribution in [0.2, 0.25) is 0 Å². The SMILES string of the molecule is CC1C=C=CC(S)C1. The van der Waals surface area contributed by atoms with Crippen LogP contribution >= 0.6 is 12.6 Å². The maximum absolute atomic E-state index is 4.28. The number of hydrogen-bond acceptors (Lipinski definition) is 1. The smallest absolute Gasteiger partial charge is 0.0277 e. The first-order valence-electron chi connectivity index (χ1n) is 2.90. The van der Waals surface area contributed by atoms with Crippen LogP contribution in [0, 0.1) is 5.92 Å². The maximum atomic E-state index is 4.28. The van der Waals surface area contributed by atoms with Gasteiger partial charge < -0.3 is 0 Å². The second-order valence-corrected chi connectivity index (χ2v) is 2.94. The van der Waals surface area contributed by atoms with E-state index in [0.29, 0.717) is 11.2 Å². The minimum Gasteiger partial charge on any atom is -0.171 e. The van der Waals surface area contributed by atoms with Crippen molar-refractivity contribution in [1.29, 1.82) is 0 Å². The summed E-state index contributed by atoms with van der Waals surface area (Å²) >= 11 is 4.28. The van der Waals surface area contributed by atoms with Gasteiger partial charge in [-0.15, -0.1) is 5.73 Å². The van der Waals surface area contributed by atoms with Gasteiger partial charge in [-0.25, -0.2) is 0 Å². The van der Waals surface area contributed by atoms with Gasteiger partial charge in [0.25, 0.3) is 0 Å². The summed E-state index contributed by atoms with van der Waals surface area (Å²) in [7, 11) is 0. The van der Waals surface area contributed by atoms with Gasteiger partial charge in [0, 0.05) is 5.25 Å². The van der Waals surface area contributed by atoms with E-state index in [1.807, 2.05) is 6.08 Å². The Labute approximate surface area is 55.7 Å². The minimum atomic E-state index is 0.440. The summed E-state index contributed by atoms with van der Waals surface area (Å²) in [6.07, 6.45) is 5.26. The molecular weight excluding hydrogens is 116 g/mol. The summed E-state index contributed by atoms with van der Waals surface area (Å²) in [5.74, 6) is 0.669. The van der Waals surface area contributed by atoms with Gasteiger partial charge in [-0.3, -0.25) is 0 Å². The Kier molecular flexibility index (Phi) is 1.82. The lowest BCUT2D eigenvalue weighted by Gasteiger charge is -2.10. The van der Waals surface area contributed by atoms with Gasteiger partial charge in [-0.05, 0) is 24.5 Å². The first kappa shape index (κ1) is 6.00. The number of hydrogen-bond donors (Lipinski definition) is 1. The third-order valence-corrected chi connectivity index (χ3v) is 1.64. The molecule has 0 aliphatic heterocycles. The summed E-state index contributed by atoms with van der Waals surface area (Å²) in [6.45, 7) is 2.18. The highest BCUT2D eigenvalue weighted by molar-refractivity contribution is 7.81. The van der Waals surface area contributed by atoms with E-state index < -0.39 is 0 Å². The summed E-state index contributed by atoms with van der Waals surface area (Å²) in [6, 6.07) is 0. The van der Waals surface area contributed by atoms with Crippen LogP contribution < -0.4 is 0 Å². The Morgan fingerprint density at radius 1 is 1.62 bits per heavy atom. The lowest BCUT2D eigenvalue weighted by Crippen LogP contribution is -2.02. The number of rotatable bonds is 0. The quantitative estimate of drug-likeness (QED) is 0.372. The summed E-state index contributed by atoms with van der Waals surface area (Å²) in [4.78, 5) is 0. The van der Waals surface area contributed by atoms with Gasteiger partial charge >= 0.3 is 0 Å². The van der Waals surface area contributed by atoms with Crippen molar-refractivity contribution in [2.24, 2.45) is 5.92 Å². The van der Waals surface area contributed by atoms with Gasteiger partial charge in [0.2, 0.25) is 0 Å². The summed E-state index contributed by atoms with van der Waals surface area (Å²) < 4.78 is 0. The van der Waals surface area contributed by atoms with E-state index in [4.69, 9.17) is 0 Å². The molecule has 0 radical (unpaired) electrons. The van der Waals surface area contributed by atoms with E-state index in [1.54, 1.807) is 0 Å². The Morgan fingerprint density at radius 3 is 2.75 bits per heavy atom. The molecule has 0 amide bonds. The lowest BCUT2D eigenvalue weighted by molar-refractivity contribution is 0.659. The molecule has 0 aromatic rings. The third-order valence-electron chi connectivity index (χ3n) is 1.28. The lowest BCUT2D eigenvalue weighted by atomic mass is 10.0. The summed E-state index contributed by atoms with van der Waals surface area (Å²) in [5.41, 5.74) is 3.06. The second kappa shape index (κ2) is 2.43. The van der Waals surface area contributed by atoms with E-state index >= 15 is 0 Å². The zero-order valence-electron chi connectivity index (χ0n) is 4.96. The van der Waals surface area contributed by atoms with Crippen LogP contribution in [-0.4, -0.2) is 5.25 Å². The normalized spacial score (nSPS) is 35.8. The van der Waals surface area contributed by atoms with Crippen LogP contribution in [0.3, 0.4) is 0 Å². The van der Waals surface area contributed by atoms with Gasteiger partial charge in [0.05, 0.1) is 0 Å². The minimum absolute atomic E-state index is 0.440. The Bertz CT molecular complexity index is 119. The maximum Gasteiger partial charge on any atom is 0.0277 e. The van der Waals surface area contributed by atoms with Gasteiger partial charge in [-0.2, -0.15) is 12.6 Å². The molecule has 1 rings (SSSR count). The molecule has 0 aromatic heterocycles. The fraction of sp³-hybridized carbons (Fsp3) is 0.571. The van der Waals surface area contributed by atoms with E-state index in [0.717, 1.165) is 6.42 Å². The third kappa shape index (κ3) is 1.43. The van der Waals surface area contributed by atoms with E-state index in [2.05, 4.69) is 31.4 Å². The van der Waals surface area contributed by atoms with Gasteiger partial charge in [0.1, 0.15) is 0 Å². The zero-order chi connectivity index (χ0) is 5.98. The summed E-state index contributed by atoms with van der Waals surface area (Å²) in [5, 5.41) is 0.440. The van der Waals surface area contributed by atoms with Crippen molar-refractivity contribution in [3.05, 3.63) is 17.9 Å². The number of thiol groups is 1. The highest BCUT2D eigenvalue weighted by Crippen LogP contribution is 2.15. The zero-order valence-corrected chi connectivity index (χ0v) is 5.86. The molecule has 1 aliphatic carbocycles. The Hall–Kier alpha value is -0.130. The molecule has 0 saturated heterocycles. The van der Waals surface area contributed by atoms with Crippen LogP contribution in [0.5, 0.6) is 0 Å². The first-order chi connectivity index (χ1) is 3.79. The van der Waals surface area contributed by atoms with Crippen molar-refractivity contribution < 1.29 is 0 Å². The standard InChI is InChI=1S/C7H10S/c1-6-3-2-4-7(8)5-6/h3-4,6-8H,5H2,1H3. The molecule has 44 valence electrons. The molecule has 0 nitrogen and oxygen atoms in total. The predicted molar refractivity (Wildman–Crippen MR) is 39.2 cm³/mol. The van der Waals surface area contributed by atoms with Crippen molar-refractivity contribution in [2.75, 3.05) is 0 Å². The fourth-order valence-electron chi connectivity index (χ4n) is 0.848. The van der Waals surface area contributed by atoms with E-state index in [-0.39, 0.29) is 0 Å². The van der Waals surface area contributed by atoms with Crippen molar-refractivity contribution in [2.45, 2.75) is 18.6 Å². The molecule has 0 bridgehead atoms. The average molecular weight is 126 g/mol. The molecule has 2 atom stereocenters. The van der Waals surface area contributed by atoms with E-state index in [1.165, 1.54) is 0 Å². The highest BCUT2D eigenvalue weighted by Gasteiger charge is 2.05. The fourth-order valence-corrected chi connectivity index (χ4v) is 1.27. The molecular formula is C7H10S. The molecule has 0 saturated carbocycles. The average Bonchev–Trinajstić information content (AvgIpc) is 1.64. The van der Waals surface area contributed by atoms with Crippen LogP contribution in [0.4, 0.5) is 0 Å². The Morgan fingerprint density at radius 2 is 2.38 bits per heavy atom. The van der Waals surface area contributed by atoms with Crippen molar-refractivity contribution in [3.63, 3.8) is 0 Å². The molecule has 0 N–H and O–H groups in total.